The van der Waals surface area contributed by atoms with E-state index in [2.05, 4.69) is 52.7 Å². The zero-order valence-corrected chi connectivity index (χ0v) is 13.7. The van der Waals surface area contributed by atoms with Gasteiger partial charge in [0.1, 0.15) is 0 Å². The molecule has 1 aromatic carbocycles. The van der Waals surface area contributed by atoms with E-state index < -0.39 is 0 Å². The number of benzene rings is 1. The Morgan fingerprint density at radius 2 is 2.11 bits per heavy atom. The number of aryl methyl sites for hydroxylation is 1. The third-order valence-corrected chi connectivity index (χ3v) is 4.65. The van der Waals surface area contributed by atoms with Gasteiger partial charge < -0.3 is 15.5 Å². The maximum Gasteiger partial charge on any atom is 0.0517 e. The molecule has 3 nitrogen and oxygen atoms in total. The molecule has 19 heavy (non-hydrogen) atoms. The number of likely N-dealkylation sites (N-methyl/N-ethyl adjacent to an activating group) is 1. The first-order valence-corrected chi connectivity index (χ1v) is 7.83. The minimum absolute atomic E-state index is 0.576. The highest BCUT2D eigenvalue weighted by atomic mass is 79.9. The minimum Gasteiger partial charge on any atom is -0.398 e. The monoisotopic (exact) mass is 325 g/mol. The summed E-state index contributed by atoms with van der Waals surface area (Å²) < 4.78 is 1.11. The highest BCUT2D eigenvalue weighted by molar-refractivity contribution is 9.10. The molecule has 1 saturated heterocycles. The zero-order valence-electron chi connectivity index (χ0n) is 12.1. The first-order chi connectivity index (χ1) is 9.02. The summed E-state index contributed by atoms with van der Waals surface area (Å²) in [5, 5.41) is 0. The molecule has 1 aromatic rings. The fourth-order valence-electron chi connectivity index (χ4n) is 2.81. The minimum atomic E-state index is 0.576. The summed E-state index contributed by atoms with van der Waals surface area (Å²) in [4.78, 5) is 4.98. The van der Waals surface area contributed by atoms with Crippen LogP contribution in [0.25, 0.3) is 0 Å². The summed E-state index contributed by atoms with van der Waals surface area (Å²) in [7, 11) is 2.22. The van der Waals surface area contributed by atoms with Gasteiger partial charge in [0, 0.05) is 29.3 Å². The topological polar surface area (TPSA) is 32.5 Å². The second-order valence-electron chi connectivity index (χ2n) is 5.53. The molecule has 1 atom stereocenters. The Kier molecular flexibility index (Phi) is 4.74. The molecule has 0 bridgehead atoms. The highest BCUT2D eigenvalue weighted by Crippen LogP contribution is 2.33. The van der Waals surface area contributed by atoms with Crippen molar-refractivity contribution in [2.45, 2.75) is 32.7 Å². The standard InChI is InChI=1S/C15H24BrN3/c1-4-12-10-18(3)6-5-7-19(12)15-8-11(2)14(17)9-13(15)16/h8-9,12H,4-7,10,17H2,1-3H3. The van der Waals surface area contributed by atoms with E-state index >= 15 is 0 Å². The molecule has 0 radical (unpaired) electrons. The maximum absolute atomic E-state index is 5.98. The van der Waals surface area contributed by atoms with Gasteiger partial charge in [-0.25, -0.2) is 0 Å². The van der Waals surface area contributed by atoms with E-state index in [-0.39, 0.29) is 0 Å². The second kappa shape index (κ2) is 6.14. The molecule has 2 rings (SSSR count). The number of anilines is 2. The van der Waals surface area contributed by atoms with Gasteiger partial charge in [-0.3, -0.25) is 0 Å². The average Bonchev–Trinajstić information content (AvgIpc) is 2.55. The highest BCUT2D eigenvalue weighted by Gasteiger charge is 2.24. The zero-order chi connectivity index (χ0) is 14.0. The number of nitrogen functional groups attached to an aromatic ring is 1. The lowest BCUT2D eigenvalue weighted by atomic mass is 10.1. The number of hydrogen-bond donors (Lipinski definition) is 1. The van der Waals surface area contributed by atoms with E-state index in [4.69, 9.17) is 5.73 Å². The predicted molar refractivity (Wildman–Crippen MR) is 86.8 cm³/mol. The van der Waals surface area contributed by atoms with Crippen LogP contribution < -0.4 is 10.6 Å². The summed E-state index contributed by atoms with van der Waals surface area (Å²) in [5.74, 6) is 0. The van der Waals surface area contributed by atoms with Crippen LogP contribution in [0.3, 0.4) is 0 Å². The van der Waals surface area contributed by atoms with Gasteiger partial charge in [-0.15, -0.1) is 0 Å². The van der Waals surface area contributed by atoms with Gasteiger partial charge in [0.15, 0.2) is 0 Å². The number of rotatable bonds is 2. The lowest BCUT2D eigenvalue weighted by Gasteiger charge is -2.33. The fraction of sp³-hybridized carbons (Fsp3) is 0.600. The molecule has 0 spiro atoms. The van der Waals surface area contributed by atoms with Crippen LogP contribution in [0, 0.1) is 6.92 Å². The summed E-state index contributed by atoms with van der Waals surface area (Å²) in [6.07, 6.45) is 2.38. The van der Waals surface area contributed by atoms with Crippen LogP contribution in [-0.4, -0.2) is 37.6 Å². The van der Waals surface area contributed by atoms with Crippen LogP contribution in [0.1, 0.15) is 25.3 Å². The van der Waals surface area contributed by atoms with E-state index in [1.807, 2.05) is 6.07 Å². The van der Waals surface area contributed by atoms with Gasteiger partial charge in [-0.1, -0.05) is 6.92 Å². The third-order valence-electron chi connectivity index (χ3n) is 4.02. The van der Waals surface area contributed by atoms with Crippen molar-refractivity contribution in [2.24, 2.45) is 0 Å². The second-order valence-corrected chi connectivity index (χ2v) is 6.39. The molecule has 0 saturated carbocycles. The number of nitrogens with zero attached hydrogens (tertiary/aromatic N) is 2. The molecule has 0 aliphatic carbocycles. The van der Waals surface area contributed by atoms with Crippen molar-refractivity contribution in [3.63, 3.8) is 0 Å². The van der Waals surface area contributed by atoms with E-state index in [1.54, 1.807) is 0 Å². The summed E-state index contributed by atoms with van der Waals surface area (Å²) in [6.45, 7) is 7.78. The first-order valence-electron chi connectivity index (χ1n) is 7.03. The van der Waals surface area contributed by atoms with Crippen molar-refractivity contribution < 1.29 is 0 Å². The Balaban J connectivity index is 2.35. The molecule has 1 fully saturated rings. The summed E-state index contributed by atoms with van der Waals surface area (Å²) in [6, 6.07) is 4.83. The number of nitrogens with two attached hydrogens (primary N) is 1. The van der Waals surface area contributed by atoms with E-state index in [1.165, 1.54) is 25.1 Å². The molecule has 1 aliphatic heterocycles. The molecule has 4 heteroatoms. The van der Waals surface area contributed by atoms with Crippen LogP contribution in [0.4, 0.5) is 11.4 Å². The van der Waals surface area contributed by atoms with Gasteiger partial charge >= 0.3 is 0 Å². The molecular formula is C15H24BrN3. The predicted octanol–water partition coefficient (Wildman–Crippen LogP) is 3.26. The molecule has 1 unspecified atom stereocenters. The van der Waals surface area contributed by atoms with E-state index in [9.17, 15) is 0 Å². The largest absolute Gasteiger partial charge is 0.398 e. The Morgan fingerprint density at radius 1 is 1.37 bits per heavy atom. The number of halogens is 1. The van der Waals surface area contributed by atoms with Gasteiger partial charge in [0.25, 0.3) is 0 Å². The van der Waals surface area contributed by atoms with Crippen molar-refractivity contribution in [1.29, 1.82) is 0 Å². The van der Waals surface area contributed by atoms with Gasteiger partial charge in [-0.2, -0.15) is 0 Å². The van der Waals surface area contributed by atoms with Gasteiger partial charge in [-0.05, 0) is 67.0 Å². The van der Waals surface area contributed by atoms with E-state index in [0.717, 1.165) is 28.8 Å². The molecule has 1 heterocycles. The molecular weight excluding hydrogens is 302 g/mol. The van der Waals surface area contributed by atoms with Crippen molar-refractivity contribution in [2.75, 3.05) is 37.3 Å². The molecule has 0 amide bonds. The first kappa shape index (κ1) is 14.7. The lowest BCUT2D eigenvalue weighted by Crippen LogP contribution is -2.40. The van der Waals surface area contributed by atoms with Crippen molar-refractivity contribution >= 4 is 27.3 Å². The van der Waals surface area contributed by atoms with Crippen molar-refractivity contribution in [3.05, 3.63) is 22.2 Å². The lowest BCUT2D eigenvalue weighted by molar-refractivity contribution is 0.328. The molecule has 2 N–H and O–H groups in total. The van der Waals surface area contributed by atoms with Crippen LogP contribution in [-0.2, 0) is 0 Å². The average molecular weight is 326 g/mol. The fourth-order valence-corrected chi connectivity index (χ4v) is 3.40. The van der Waals surface area contributed by atoms with Crippen LogP contribution in [0.2, 0.25) is 0 Å². The van der Waals surface area contributed by atoms with Gasteiger partial charge in [0.05, 0.1) is 5.69 Å². The maximum atomic E-state index is 5.98. The quantitative estimate of drug-likeness (QED) is 0.847. The Labute approximate surface area is 124 Å². The SMILES string of the molecule is CCC1CN(C)CCCN1c1cc(C)c(N)cc1Br. The van der Waals surface area contributed by atoms with E-state index in [0.29, 0.717) is 6.04 Å². The smallest absolute Gasteiger partial charge is 0.0517 e. The molecule has 106 valence electrons. The Morgan fingerprint density at radius 3 is 2.79 bits per heavy atom. The summed E-state index contributed by atoms with van der Waals surface area (Å²) >= 11 is 3.68. The van der Waals surface area contributed by atoms with Crippen LogP contribution >= 0.6 is 15.9 Å². The number of hydrogen-bond acceptors (Lipinski definition) is 3. The molecule has 0 aromatic heterocycles. The van der Waals surface area contributed by atoms with Gasteiger partial charge in [0.2, 0.25) is 0 Å². The Hall–Kier alpha value is -0.740. The van der Waals surface area contributed by atoms with Crippen molar-refractivity contribution in [3.8, 4) is 0 Å². The normalized spacial score (nSPS) is 21.5. The van der Waals surface area contributed by atoms with Crippen molar-refractivity contribution in [1.82, 2.24) is 4.90 Å². The summed E-state index contributed by atoms with van der Waals surface area (Å²) in [5.41, 5.74) is 9.28. The van der Waals surface area contributed by atoms with Crippen LogP contribution in [0.5, 0.6) is 0 Å². The third kappa shape index (κ3) is 3.23. The van der Waals surface area contributed by atoms with Crippen LogP contribution in [0.15, 0.2) is 16.6 Å². The Bertz CT molecular complexity index is 447. The molecule has 1 aliphatic rings.